The third-order valence-corrected chi connectivity index (χ3v) is 5.28. The molecule has 1 aliphatic heterocycles. The lowest BCUT2D eigenvalue weighted by molar-refractivity contribution is -0.193. The Morgan fingerprint density at radius 3 is 2.86 bits per heavy atom. The average Bonchev–Trinajstić information content (AvgIpc) is 3.32. The summed E-state index contributed by atoms with van der Waals surface area (Å²) >= 11 is 12.5. The number of aromatic nitrogens is 3. The van der Waals surface area contributed by atoms with Gasteiger partial charge in [-0.25, -0.2) is 9.67 Å². The first-order valence-corrected chi connectivity index (χ1v) is 10.6. The van der Waals surface area contributed by atoms with E-state index in [1.165, 1.54) is 32.0 Å². The van der Waals surface area contributed by atoms with E-state index in [1.54, 1.807) is 23.1 Å². The van der Waals surface area contributed by atoms with E-state index >= 15 is 0 Å². The normalized spacial score (nSPS) is 22.0. The quantitative estimate of drug-likeness (QED) is 0.480. The number of halogens is 2. The summed E-state index contributed by atoms with van der Waals surface area (Å²) in [6.07, 6.45) is 8.99. The molecular weight excluding hydrogens is 401 g/mol. The number of benzene rings is 1. The van der Waals surface area contributed by atoms with Crippen molar-refractivity contribution in [1.29, 1.82) is 0 Å². The van der Waals surface area contributed by atoms with Crippen LogP contribution in [0.25, 0.3) is 0 Å². The zero-order valence-corrected chi connectivity index (χ0v) is 17.7. The van der Waals surface area contributed by atoms with Crippen LogP contribution in [0.3, 0.4) is 0 Å². The van der Waals surface area contributed by atoms with Crippen LogP contribution in [0.15, 0.2) is 30.9 Å². The number of rotatable bonds is 11. The minimum absolute atomic E-state index is 0.175. The summed E-state index contributed by atoms with van der Waals surface area (Å²) in [5.74, 6) is -1.05. The van der Waals surface area contributed by atoms with Gasteiger partial charge in [0.1, 0.15) is 25.3 Å². The van der Waals surface area contributed by atoms with Crippen LogP contribution in [0.2, 0.25) is 10.0 Å². The molecule has 2 aromatic rings. The van der Waals surface area contributed by atoms with Crippen LogP contribution >= 0.6 is 23.2 Å². The van der Waals surface area contributed by atoms with Crippen LogP contribution in [-0.2, 0) is 26.5 Å². The van der Waals surface area contributed by atoms with Crippen LogP contribution in [-0.4, -0.2) is 40.7 Å². The molecule has 0 aliphatic carbocycles. The maximum absolute atomic E-state index is 6.45. The lowest BCUT2D eigenvalue weighted by atomic mass is 10.1. The second kappa shape index (κ2) is 10.6. The van der Waals surface area contributed by atoms with Crippen molar-refractivity contribution in [2.45, 2.75) is 57.5 Å². The second-order valence-corrected chi connectivity index (χ2v) is 7.85. The fourth-order valence-corrected chi connectivity index (χ4v) is 3.86. The molecule has 8 heteroatoms. The first-order valence-electron chi connectivity index (χ1n) is 9.80. The molecule has 1 fully saturated rings. The summed E-state index contributed by atoms with van der Waals surface area (Å²) in [7, 11) is 0. The number of nitrogens with zero attached hydrogens (tertiary/aromatic N) is 3. The van der Waals surface area contributed by atoms with Crippen molar-refractivity contribution < 1.29 is 14.2 Å². The monoisotopic (exact) mass is 427 g/mol. The van der Waals surface area contributed by atoms with Crippen LogP contribution in [0.1, 0.15) is 44.6 Å². The Hall–Kier alpha value is -1.18. The van der Waals surface area contributed by atoms with Crippen molar-refractivity contribution in [1.82, 2.24) is 14.8 Å². The van der Waals surface area contributed by atoms with E-state index in [0.717, 1.165) is 18.6 Å². The molecule has 2 unspecified atom stereocenters. The number of hydrogen-bond acceptors (Lipinski definition) is 5. The van der Waals surface area contributed by atoms with E-state index in [9.17, 15) is 0 Å². The van der Waals surface area contributed by atoms with Crippen molar-refractivity contribution in [2.24, 2.45) is 0 Å². The predicted molar refractivity (Wildman–Crippen MR) is 109 cm³/mol. The highest BCUT2D eigenvalue weighted by atomic mass is 35.5. The van der Waals surface area contributed by atoms with E-state index in [0.29, 0.717) is 29.8 Å². The summed E-state index contributed by atoms with van der Waals surface area (Å²) in [6, 6.07) is 5.30. The molecule has 154 valence electrons. The summed E-state index contributed by atoms with van der Waals surface area (Å²) in [6.45, 7) is 4.19. The van der Waals surface area contributed by atoms with E-state index < -0.39 is 5.79 Å². The maximum Gasteiger partial charge on any atom is 0.217 e. The standard InChI is InChI=1S/C20H27Cl2N3O3/c1-2-3-4-5-6-9-26-11-17-12-27-20(28-17,13-25-15-23-14-24-25)18-8-7-16(21)10-19(18)22/h7-8,10,14-15,17H,2-6,9,11-13H2,1H3. The number of ether oxygens (including phenoxy) is 3. The van der Waals surface area contributed by atoms with Gasteiger partial charge in [0.25, 0.3) is 0 Å². The lowest BCUT2D eigenvalue weighted by Crippen LogP contribution is -2.35. The van der Waals surface area contributed by atoms with Crippen molar-refractivity contribution in [2.75, 3.05) is 19.8 Å². The van der Waals surface area contributed by atoms with Gasteiger partial charge in [-0.3, -0.25) is 0 Å². The first-order chi connectivity index (χ1) is 13.6. The highest BCUT2D eigenvalue weighted by Gasteiger charge is 2.45. The van der Waals surface area contributed by atoms with Crippen LogP contribution in [0, 0.1) is 0 Å². The summed E-state index contributed by atoms with van der Waals surface area (Å²) in [5.41, 5.74) is 0.719. The average molecular weight is 428 g/mol. The van der Waals surface area contributed by atoms with Gasteiger partial charge >= 0.3 is 0 Å². The van der Waals surface area contributed by atoms with Gasteiger partial charge in [0, 0.05) is 17.2 Å². The zero-order valence-electron chi connectivity index (χ0n) is 16.2. The fraction of sp³-hybridized carbons (Fsp3) is 0.600. The molecule has 0 N–H and O–H groups in total. The smallest absolute Gasteiger partial charge is 0.217 e. The summed E-state index contributed by atoms with van der Waals surface area (Å²) < 4.78 is 19.9. The molecule has 1 aromatic carbocycles. The zero-order chi connectivity index (χ0) is 19.8. The van der Waals surface area contributed by atoms with Gasteiger partial charge in [0.05, 0.1) is 18.2 Å². The minimum Gasteiger partial charge on any atom is -0.379 e. The Balaban J connectivity index is 1.61. The molecule has 6 nitrogen and oxygen atoms in total. The predicted octanol–water partition coefficient (Wildman–Crippen LogP) is 4.84. The molecule has 2 atom stereocenters. The van der Waals surface area contributed by atoms with Gasteiger partial charge in [-0.2, -0.15) is 5.10 Å². The lowest BCUT2D eigenvalue weighted by Gasteiger charge is -2.29. The third kappa shape index (κ3) is 5.67. The van der Waals surface area contributed by atoms with Crippen LogP contribution in [0.4, 0.5) is 0 Å². The molecular formula is C20H27Cl2N3O3. The highest BCUT2D eigenvalue weighted by Crippen LogP contribution is 2.40. The SMILES string of the molecule is CCCCCCCOCC1COC(Cn2cncn2)(c2ccc(Cl)cc2Cl)O1. The molecule has 1 aromatic heterocycles. The van der Waals surface area contributed by atoms with Crippen LogP contribution < -0.4 is 0 Å². The van der Waals surface area contributed by atoms with Gasteiger partial charge in [0.2, 0.25) is 5.79 Å². The Labute approximate surface area is 176 Å². The molecule has 0 amide bonds. The fourth-order valence-electron chi connectivity index (χ4n) is 3.30. The van der Waals surface area contributed by atoms with Crippen molar-refractivity contribution in [3.63, 3.8) is 0 Å². The Morgan fingerprint density at radius 2 is 2.11 bits per heavy atom. The number of unbranched alkanes of at least 4 members (excludes halogenated alkanes) is 4. The molecule has 3 rings (SSSR count). The van der Waals surface area contributed by atoms with Crippen molar-refractivity contribution >= 4 is 23.2 Å². The molecule has 28 heavy (non-hydrogen) atoms. The van der Waals surface area contributed by atoms with Gasteiger partial charge in [0.15, 0.2) is 0 Å². The minimum atomic E-state index is -1.05. The molecule has 0 bridgehead atoms. The summed E-state index contributed by atoms with van der Waals surface area (Å²) in [4.78, 5) is 4.00. The van der Waals surface area contributed by atoms with Gasteiger partial charge in [-0.1, -0.05) is 61.9 Å². The highest BCUT2D eigenvalue weighted by molar-refractivity contribution is 6.35. The summed E-state index contributed by atoms with van der Waals surface area (Å²) in [5, 5.41) is 5.23. The molecule has 1 aliphatic rings. The molecule has 2 heterocycles. The first kappa shape index (κ1) is 21.5. The van der Waals surface area contributed by atoms with Gasteiger partial charge in [-0.15, -0.1) is 0 Å². The van der Waals surface area contributed by atoms with Gasteiger partial charge in [-0.05, 0) is 18.6 Å². The van der Waals surface area contributed by atoms with Crippen molar-refractivity contribution in [3.8, 4) is 0 Å². The third-order valence-electron chi connectivity index (χ3n) is 4.73. The molecule has 1 saturated heterocycles. The molecule has 0 radical (unpaired) electrons. The molecule has 0 saturated carbocycles. The largest absolute Gasteiger partial charge is 0.379 e. The van der Waals surface area contributed by atoms with E-state index in [2.05, 4.69) is 17.0 Å². The maximum atomic E-state index is 6.45. The van der Waals surface area contributed by atoms with Gasteiger partial charge < -0.3 is 14.2 Å². The molecule has 0 spiro atoms. The number of hydrogen-bond donors (Lipinski definition) is 0. The van der Waals surface area contributed by atoms with E-state index in [4.69, 9.17) is 37.4 Å². The van der Waals surface area contributed by atoms with E-state index in [-0.39, 0.29) is 6.10 Å². The second-order valence-electron chi connectivity index (χ2n) is 7.01. The Kier molecular flexibility index (Phi) is 8.11. The Morgan fingerprint density at radius 1 is 1.25 bits per heavy atom. The van der Waals surface area contributed by atoms with Crippen molar-refractivity contribution in [3.05, 3.63) is 46.5 Å². The van der Waals surface area contributed by atoms with E-state index in [1.807, 2.05) is 6.07 Å². The topological polar surface area (TPSA) is 58.4 Å². The van der Waals surface area contributed by atoms with Crippen LogP contribution in [0.5, 0.6) is 0 Å². The Bertz CT molecular complexity index is 729.